The number of ether oxygens (including phenoxy) is 1. The van der Waals surface area contributed by atoms with Gasteiger partial charge in [0, 0.05) is 12.2 Å². The van der Waals surface area contributed by atoms with Crippen LogP contribution >= 0.6 is 0 Å². The maximum Gasteiger partial charge on any atom is 0.340 e. The van der Waals surface area contributed by atoms with E-state index in [2.05, 4.69) is 24.1 Å². The van der Waals surface area contributed by atoms with Crippen molar-refractivity contribution in [2.24, 2.45) is 15.1 Å². The lowest BCUT2D eigenvalue weighted by molar-refractivity contribution is -0.148. The molecule has 0 aromatic carbocycles. The predicted octanol–water partition coefficient (Wildman–Crippen LogP) is 4.32. The van der Waals surface area contributed by atoms with Gasteiger partial charge in [-0.2, -0.15) is 8.78 Å². The number of nitrogens with zero attached hydrogens (tertiary/aromatic N) is 4. The number of hydrogen-bond acceptors (Lipinski definition) is 8. The highest BCUT2D eigenvalue weighted by Crippen LogP contribution is 2.46. The average Bonchev–Trinajstić information content (AvgIpc) is 2.88. The third-order valence-corrected chi connectivity index (χ3v) is 10.8. The number of rotatable bonds is 8. The van der Waals surface area contributed by atoms with Crippen LogP contribution in [-0.4, -0.2) is 61.3 Å². The van der Waals surface area contributed by atoms with E-state index in [1.54, 1.807) is 20.8 Å². The zero-order valence-electron chi connectivity index (χ0n) is 21.5. The number of hydrogen-bond donors (Lipinski definition) is 1. The van der Waals surface area contributed by atoms with Gasteiger partial charge in [0.25, 0.3) is 0 Å². The number of carbonyl (C=O) groups is 1. The van der Waals surface area contributed by atoms with E-state index in [1.807, 2.05) is 0 Å². The first kappa shape index (κ1) is 28.8. The molecule has 14 heteroatoms. The molecule has 3 atom stereocenters. The fourth-order valence-electron chi connectivity index (χ4n) is 4.71. The molecule has 2 aromatic heterocycles. The molecule has 0 fully saturated rings. The number of nitrogens with two attached hydrogens (primary N) is 1. The molecule has 0 aliphatic carbocycles. The molecule has 0 amide bonds. The lowest BCUT2D eigenvalue weighted by Crippen LogP contribution is -2.60. The number of aliphatic imine (C=N–C) groups is 1. The van der Waals surface area contributed by atoms with E-state index in [4.69, 9.17) is 5.73 Å². The SMILES string of the molecule is CC1(C)C(N)=N[C@](C)(c2nc(CC(=O)c3ccc(OCC(F)(F)C(F)F)cn3)ccc2F)[C@@H]2CCCN=[S@]21=O. The molecule has 2 aliphatic heterocycles. The number of aromatic nitrogens is 2. The highest BCUT2D eigenvalue weighted by Gasteiger charge is 2.56. The van der Waals surface area contributed by atoms with Gasteiger partial charge < -0.3 is 10.5 Å². The van der Waals surface area contributed by atoms with Crippen molar-refractivity contribution in [3.05, 3.63) is 53.4 Å². The first-order valence-corrected chi connectivity index (χ1v) is 13.7. The lowest BCUT2D eigenvalue weighted by atomic mass is 9.88. The van der Waals surface area contributed by atoms with Crippen molar-refractivity contribution in [2.75, 3.05) is 13.2 Å². The summed E-state index contributed by atoms with van der Waals surface area (Å²) in [5.74, 6) is -5.70. The van der Waals surface area contributed by atoms with Crippen LogP contribution in [0.3, 0.4) is 0 Å². The Hall–Kier alpha value is -3.16. The zero-order valence-corrected chi connectivity index (χ0v) is 22.3. The molecule has 0 saturated carbocycles. The number of pyridine rings is 2. The van der Waals surface area contributed by atoms with E-state index in [-0.39, 0.29) is 35.1 Å². The number of carbonyl (C=O) groups excluding carboxylic acids is 1. The van der Waals surface area contributed by atoms with Crippen molar-refractivity contribution in [1.29, 1.82) is 0 Å². The Balaban J connectivity index is 1.58. The van der Waals surface area contributed by atoms with Gasteiger partial charge in [0.05, 0.1) is 27.6 Å². The quantitative estimate of drug-likeness (QED) is 0.371. The number of fused-ring (bicyclic) bond motifs is 1. The highest BCUT2D eigenvalue weighted by molar-refractivity contribution is 7.96. The first-order valence-electron chi connectivity index (χ1n) is 12.1. The van der Waals surface area contributed by atoms with Crippen molar-refractivity contribution in [3.8, 4) is 5.75 Å². The van der Waals surface area contributed by atoms with Crippen molar-refractivity contribution in [3.63, 3.8) is 0 Å². The van der Waals surface area contributed by atoms with Gasteiger partial charge in [-0.25, -0.2) is 26.7 Å². The molecule has 0 unspecified atom stereocenters. The van der Waals surface area contributed by atoms with E-state index < -0.39 is 55.8 Å². The van der Waals surface area contributed by atoms with Crippen molar-refractivity contribution < 1.29 is 35.7 Å². The molecular formula is C25H28F5N5O3S. The Morgan fingerprint density at radius 3 is 2.59 bits per heavy atom. The Morgan fingerprint density at radius 2 is 1.95 bits per heavy atom. The highest BCUT2D eigenvalue weighted by atomic mass is 32.2. The molecular weight excluding hydrogens is 545 g/mol. The summed E-state index contributed by atoms with van der Waals surface area (Å²) in [6.45, 7) is 3.89. The summed E-state index contributed by atoms with van der Waals surface area (Å²) >= 11 is 0. The second-order valence-electron chi connectivity index (χ2n) is 10.2. The molecule has 4 rings (SSSR count). The van der Waals surface area contributed by atoms with E-state index in [0.29, 0.717) is 19.4 Å². The molecule has 212 valence electrons. The monoisotopic (exact) mass is 573 g/mol. The topological polar surface area (TPSA) is 120 Å². The molecule has 8 nitrogen and oxygen atoms in total. The lowest BCUT2D eigenvalue weighted by Gasteiger charge is -2.47. The van der Waals surface area contributed by atoms with Gasteiger partial charge in [0.15, 0.2) is 12.4 Å². The summed E-state index contributed by atoms with van der Waals surface area (Å²) in [5, 5.41) is -0.652. The Bertz CT molecular complexity index is 1420. The predicted molar refractivity (Wildman–Crippen MR) is 134 cm³/mol. The van der Waals surface area contributed by atoms with Crippen LogP contribution in [-0.2, 0) is 21.7 Å². The minimum absolute atomic E-state index is 0.0716. The molecule has 0 spiro atoms. The van der Waals surface area contributed by atoms with Crippen molar-refractivity contribution >= 4 is 21.3 Å². The van der Waals surface area contributed by atoms with Crippen molar-refractivity contribution in [2.45, 2.75) is 67.9 Å². The van der Waals surface area contributed by atoms with E-state index in [9.17, 15) is 26.6 Å². The Kier molecular flexibility index (Phi) is 7.47. The van der Waals surface area contributed by atoms with Crippen LogP contribution in [0.1, 0.15) is 55.5 Å². The summed E-state index contributed by atoms with van der Waals surface area (Å²) < 4.78 is 88.1. The van der Waals surface area contributed by atoms with Crippen LogP contribution in [0.4, 0.5) is 22.0 Å². The molecule has 4 heterocycles. The maximum atomic E-state index is 15.2. The normalized spacial score (nSPS) is 26.4. The van der Waals surface area contributed by atoms with Gasteiger partial charge >= 0.3 is 12.3 Å². The third-order valence-electron chi connectivity index (χ3n) is 7.12. The smallest absolute Gasteiger partial charge is 0.340 e. The van der Waals surface area contributed by atoms with Crippen LogP contribution in [0.15, 0.2) is 39.8 Å². The van der Waals surface area contributed by atoms with Crippen LogP contribution in [0, 0.1) is 5.82 Å². The van der Waals surface area contributed by atoms with E-state index in [1.165, 1.54) is 12.1 Å². The van der Waals surface area contributed by atoms with Gasteiger partial charge in [0.2, 0.25) is 0 Å². The Labute approximate surface area is 222 Å². The number of alkyl halides is 4. The third kappa shape index (κ3) is 5.10. The fraction of sp³-hybridized carbons (Fsp3) is 0.520. The average molecular weight is 574 g/mol. The number of halogens is 5. The molecule has 0 bridgehead atoms. The second kappa shape index (κ2) is 10.1. The molecule has 2 aromatic rings. The maximum absolute atomic E-state index is 15.2. The Morgan fingerprint density at radius 1 is 1.23 bits per heavy atom. The van der Waals surface area contributed by atoms with Gasteiger partial charge in [-0.1, -0.05) is 0 Å². The first-order chi connectivity index (χ1) is 18.1. The fourth-order valence-corrected chi connectivity index (χ4v) is 7.94. The number of ketones is 1. The molecule has 0 saturated heterocycles. The summed E-state index contributed by atoms with van der Waals surface area (Å²) in [6, 6.07) is 4.82. The summed E-state index contributed by atoms with van der Waals surface area (Å²) in [5.41, 5.74) is 4.87. The van der Waals surface area contributed by atoms with E-state index >= 15 is 4.39 Å². The van der Waals surface area contributed by atoms with Gasteiger partial charge in [-0.15, -0.1) is 0 Å². The van der Waals surface area contributed by atoms with Crippen LogP contribution < -0.4 is 10.5 Å². The second-order valence-corrected chi connectivity index (χ2v) is 13.2. The largest absolute Gasteiger partial charge is 0.485 e. The van der Waals surface area contributed by atoms with Crippen molar-refractivity contribution in [1.82, 2.24) is 9.97 Å². The van der Waals surface area contributed by atoms with Gasteiger partial charge in [-0.3, -0.25) is 14.8 Å². The van der Waals surface area contributed by atoms with Crippen LogP contribution in [0.25, 0.3) is 0 Å². The van der Waals surface area contributed by atoms with E-state index in [0.717, 1.165) is 18.3 Å². The summed E-state index contributed by atoms with van der Waals surface area (Å²) in [6.07, 6.45) is -2.10. The summed E-state index contributed by atoms with van der Waals surface area (Å²) in [4.78, 5) is 25.7. The van der Waals surface area contributed by atoms with Gasteiger partial charge in [0.1, 0.15) is 39.1 Å². The van der Waals surface area contributed by atoms with Gasteiger partial charge in [-0.05, 0) is 57.9 Å². The minimum Gasteiger partial charge on any atom is -0.485 e. The molecule has 39 heavy (non-hydrogen) atoms. The standard InChI is InChI=1S/C25H28F5N5O3S/c1-23(2)22(31)35-24(3,19-5-4-10-33-39(19,23)37)20-16(26)8-6-14(34-20)11-18(36)17-9-7-15(12-32-17)38-13-25(29,30)21(27)28/h6-9,12,19,21H,4-5,10-11,13H2,1-3H3,(H2,31,35)/t19-,24-,39-/m0/s1. The molecule has 2 N–H and O–H groups in total. The molecule has 2 aliphatic rings. The molecule has 0 radical (unpaired) electrons. The van der Waals surface area contributed by atoms with Crippen LogP contribution in [0.5, 0.6) is 5.75 Å². The minimum atomic E-state index is -4.33. The summed E-state index contributed by atoms with van der Waals surface area (Å²) in [7, 11) is -2.95. The zero-order chi connectivity index (χ0) is 28.8. The number of Topliss-reactive ketones (excluding diaryl/α,β-unsaturated/α-hetero) is 1. The van der Waals surface area contributed by atoms with Crippen LogP contribution in [0.2, 0.25) is 0 Å². The number of amidine groups is 1.